The molecule has 2 amide bonds. The highest BCUT2D eigenvalue weighted by Crippen LogP contribution is 2.11. The number of hydrazine groups is 1. The molecule has 0 fully saturated rings. The molecule has 0 spiro atoms. The fraction of sp³-hybridized carbons (Fsp3) is 0.167. The molecule has 6 nitrogen and oxygen atoms in total. The molecule has 0 aliphatic carbocycles. The Morgan fingerprint density at radius 2 is 1.72 bits per heavy atom. The van der Waals surface area contributed by atoms with Gasteiger partial charge in [-0.25, -0.2) is 0 Å². The summed E-state index contributed by atoms with van der Waals surface area (Å²) in [5.41, 5.74) is 7.39. The Morgan fingerprint density at radius 1 is 1.00 bits per heavy atom. The maximum atomic E-state index is 12.0. The van der Waals surface area contributed by atoms with Gasteiger partial charge in [-0.3, -0.25) is 25.8 Å². The average molecular weight is 357 g/mol. The number of nitrogens with one attached hydrogen (secondary N) is 3. The van der Waals surface area contributed by atoms with E-state index in [0.717, 1.165) is 11.1 Å². The minimum Gasteiger partial charge on any atom is -0.484 e. The average Bonchev–Trinajstić information content (AvgIpc) is 2.58. The van der Waals surface area contributed by atoms with Crippen LogP contribution in [0.25, 0.3) is 0 Å². The second kappa shape index (κ2) is 8.79. The molecule has 7 heteroatoms. The lowest BCUT2D eigenvalue weighted by molar-refractivity contribution is -0.123. The summed E-state index contributed by atoms with van der Waals surface area (Å²) in [6.07, 6.45) is 0. The van der Waals surface area contributed by atoms with Crippen molar-refractivity contribution >= 4 is 29.1 Å². The molecule has 0 atom stereocenters. The summed E-state index contributed by atoms with van der Waals surface area (Å²) in [6.45, 7) is 3.69. The quantitative estimate of drug-likeness (QED) is 0.576. The van der Waals surface area contributed by atoms with Gasteiger partial charge in [0.05, 0.1) is 0 Å². The fourth-order valence-corrected chi connectivity index (χ4v) is 2.07. The number of amides is 2. The SMILES string of the molecule is Cc1ccc(C(=O)NC(=S)NNC(=O)COc2cccc(C)c2)cc1. The Kier molecular flexibility index (Phi) is 6.47. The molecule has 130 valence electrons. The summed E-state index contributed by atoms with van der Waals surface area (Å²) in [4.78, 5) is 23.7. The van der Waals surface area contributed by atoms with Crippen LogP contribution in [-0.4, -0.2) is 23.5 Å². The van der Waals surface area contributed by atoms with E-state index in [1.165, 1.54) is 0 Å². The second-order valence-corrected chi connectivity index (χ2v) is 5.84. The van der Waals surface area contributed by atoms with Crippen LogP contribution in [0, 0.1) is 13.8 Å². The predicted molar refractivity (Wildman–Crippen MR) is 99.2 cm³/mol. The Balaban J connectivity index is 1.72. The van der Waals surface area contributed by atoms with Crippen LogP contribution in [0.4, 0.5) is 0 Å². The van der Waals surface area contributed by atoms with Crippen molar-refractivity contribution in [1.29, 1.82) is 0 Å². The van der Waals surface area contributed by atoms with Crippen LogP contribution in [0.5, 0.6) is 5.75 Å². The number of ether oxygens (including phenoxy) is 1. The van der Waals surface area contributed by atoms with Crippen LogP contribution >= 0.6 is 12.2 Å². The first-order chi connectivity index (χ1) is 11.9. The molecule has 0 radical (unpaired) electrons. The summed E-state index contributed by atoms with van der Waals surface area (Å²) < 4.78 is 5.36. The van der Waals surface area contributed by atoms with E-state index in [1.54, 1.807) is 18.2 Å². The number of thiocarbonyl (C=S) groups is 1. The van der Waals surface area contributed by atoms with Gasteiger partial charge in [-0.2, -0.15) is 0 Å². The minimum absolute atomic E-state index is 0.00511. The lowest BCUT2D eigenvalue weighted by atomic mass is 10.1. The first-order valence-electron chi connectivity index (χ1n) is 7.60. The minimum atomic E-state index is -0.423. The number of hydrogen-bond donors (Lipinski definition) is 3. The Hall–Kier alpha value is -2.93. The second-order valence-electron chi connectivity index (χ2n) is 5.43. The van der Waals surface area contributed by atoms with Crippen molar-refractivity contribution in [3.63, 3.8) is 0 Å². The largest absolute Gasteiger partial charge is 0.484 e. The van der Waals surface area contributed by atoms with E-state index in [4.69, 9.17) is 17.0 Å². The molecule has 2 aromatic rings. The Bertz CT molecular complexity index is 775. The number of carbonyl (C=O) groups excluding carboxylic acids is 2. The molecule has 0 saturated carbocycles. The smallest absolute Gasteiger partial charge is 0.276 e. The van der Waals surface area contributed by atoms with Gasteiger partial charge in [-0.1, -0.05) is 29.8 Å². The third-order valence-electron chi connectivity index (χ3n) is 3.22. The van der Waals surface area contributed by atoms with Crippen molar-refractivity contribution in [2.45, 2.75) is 13.8 Å². The van der Waals surface area contributed by atoms with Gasteiger partial charge in [-0.05, 0) is 55.9 Å². The molecule has 0 heterocycles. The molecule has 3 N–H and O–H groups in total. The van der Waals surface area contributed by atoms with Crippen LogP contribution < -0.4 is 20.9 Å². The standard InChI is InChI=1S/C18H19N3O3S/c1-12-6-8-14(9-7-12)17(23)19-18(25)21-20-16(22)11-24-15-5-3-4-13(2)10-15/h3-10H,11H2,1-2H3,(H,20,22)(H2,19,21,23,25). The summed E-state index contributed by atoms with van der Waals surface area (Å²) in [5, 5.41) is 2.47. The molecular weight excluding hydrogens is 338 g/mol. The normalized spacial score (nSPS) is 9.84. The van der Waals surface area contributed by atoms with Crippen LogP contribution in [0.3, 0.4) is 0 Å². The maximum Gasteiger partial charge on any atom is 0.276 e. The first-order valence-corrected chi connectivity index (χ1v) is 8.01. The summed E-state index contributed by atoms with van der Waals surface area (Å²) in [7, 11) is 0. The van der Waals surface area contributed by atoms with Gasteiger partial charge in [0.2, 0.25) is 0 Å². The van der Waals surface area contributed by atoms with Crippen molar-refractivity contribution in [2.75, 3.05) is 6.61 Å². The highest BCUT2D eigenvalue weighted by molar-refractivity contribution is 7.80. The van der Waals surface area contributed by atoms with Gasteiger partial charge < -0.3 is 4.74 Å². The Labute approximate surface area is 151 Å². The third kappa shape index (κ3) is 6.23. The molecule has 0 bridgehead atoms. The van der Waals surface area contributed by atoms with Crippen molar-refractivity contribution in [3.8, 4) is 5.75 Å². The van der Waals surface area contributed by atoms with Gasteiger partial charge in [0.1, 0.15) is 5.75 Å². The lowest BCUT2D eigenvalue weighted by Gasteiger charge is -2.11. The first kappa shape index (κ1) is 18.4. The lowest BCUT2D eigenvalue weighted by Crippen LogP contribution is -2.49. The number of benzene rings is 2. The monoisotopic (exact) mass is 357 g/mol. The summed E-state index contributed by atoms with van der Waals surface area (Å²) >= 11 is 4.97. The fourth-order valence-electron chi connectivity index (χ4n) is 1.93. The zero-order valence-corrected chi connectivity index (χ0v) is 14.8. The van der Waals surface area contributed by atoms with Crippen LogP contribution in [0.2, 0.25) is 0 Å². The van der Waals surface area contributed by atoms with Gasteiger partial charge in [0, 0.05) is 5.56 Å². The van der Waals surface area contributed by atoms with Crippen LogP contribution in [-0.2, 0) is 4.79 Å². The molecular formula is C18H19N3O3S. The predicted octanol–water partition coefficient (Wildman–Crippen LogP) is 2.02. The maximum absolute atomic E-state index is 12.0. The molecule has 25 heavy (non-hydrogen) atoms. The molecule has 0 aliphatic rings. The zero-order chi connectivity index (χ0) is 18.2. The Morgan fingerprint density at radius 3 is 2.40 bits per heavy atom. The van der Waals surface area contributed by atoms with Crippen LogP contribution in [0.1, 0.15) is 21.5 Å². The van der Waals surface area contributed by atoms with Crippen molar-refractivity contribution < 1.29 is 14.3 Å². The topological polar surface area (TPSA) is 79.5 Å². The highest BCUT2D eigenvalue weighted by atomic mass is 32.1. The van der Waals surface area contributed by atoms with Crippen molar-refractivity contribution in [3.05, 3.63) is 65.2 Å². The van der Waals surface area contributed by atoms with E-state index in [0.29, 0.717) is 11.3 Å². The van der Waals surface area contributed by atoms with E-state index in [1.807, 2.05) is 44.2 Å². The van der Waals surface area contributed by atoms with E-state index < -0.39 is 5.91 Å². The van der Waals surface area contributed by atoms with Crippen LogP contribution in [0.15, 0.2) is 48.5 Å². The zero-order valence-electron chi connectivity index (χ0n) is 14.0. The van der Waals surface area contributed by atoms with Crippen molar-refractivity contribution in [1.82, 2.24) is 16.2 Å². The molecule has 0 unspecified atom stereocenters. The van der Waals surface area contributed by atoms with Gasteiger partial charge in [-0.15, -0.1) is 0 Å². The molecule has 2 aromatic carbocycles. The molecule has 0 aromatic heterocycles. The number of aryl methyl sites for hydroxylation is 2. The van der Waals surface area contributed by atoms with Gasteiger partial charge >= 0.3 is 0 Å². The summed E-state index contributed by atoms with van der Waals surface area (Å²) in [5.74, 6) is -0.179. The number of carbonyl (C=O) groups is 2. The third-order valence-corrected chi connectivity index (χ3v) is 3.42. The number of hydrogen-bond acceptors (Lipinski definition) is 4. The van der Waals surface area contributed by atoms with E-state index >= 15 is 0 Å². The number of rotatable bonds is 4. The van der Waals surface area contributed by atoms with Gasteiger partial charge in [0.15, 0.2) is 11.7 Å². The molecule has 2 rings (SSSR count). The van der Waals surface area contributed by atoms with E-state index in [2.05, 4.69) is 16.2 Å². The van der Waals surface area contributed by atoms with Crippen molar-refractivity contribution in [2.24, 2.45) is 0 Å². The van der Waals surface area contributed by atoms with E-state index in [-0.39, 0.29) is 17.6 Å². The molecule has 0 saturated heterocycles. The highest BCUT2D eigenvalue weighted by Gasteiger charge is 2.08. The molecule has 0 aliphatic heterocycles. The summed E-state index contributed by atoms with van der Waals surface area (Å²) in [6, 6.07) is 14.4. The van der Waals surface area contributed by atoms with Gasteiger partial charge in [0.25, 0.3) is 11.8 Å². The van der Waals surface area contributed by atoms with E-state index in [9.17, 15) is 9.59 Å².